The first-order valence-corrected chi connectivity index (χ1v) is 6.37. The normalized spacial score (nSPS) is 16.3. The quantitative estimate of drug-likeness (QED) is 0.387. The van der Waals surface area contributed by atoms with Crippen molar-refractivity contribution in [3.05, 3.63) is 0 Å². The Hall–Kier alpha value is -0.710. The van der Waals surface area contributed by atoms with E-state index in [0.717, 1.165) is 6.54 Å². The van der Waals surface area contributed by atoms with Crippen molar-refractivity contribution in [2.24, 2.45) is 5.16 Å². The van der Waals surface area contributed by atoms with Crippen LogP contribution < -0.4 is 0 Å². The second kappa shape index (κ2) is 7.54. The highest BCUT2D eigenvalue weighted by Gasteiger charge is 2.27. The molecule has 0 aliphatic heterocycles. The number of hydrogen-bond donors (Lipinski definition) is 2. The van der Waals surface area contributed by atoms with Gasteiger partial charge in [-0.05, 0) is 32.1 Å². The van der Waals surface area contributed by atoms with E-state index in [2.05, 4.69) is 9.78 Å². The molecule has 0 amide bonds. The molecule has 0 heterocycles. The Morgan fingerprint density at radius 2 is 2.25 bits per heavy atom. The maximum atomic E-state index is 11.3. The van der Waals surface area contributed by atoms with Gasteiger partial charge in [0.1, 0.15) is 6.01 Å². The summed E-state index contributed by atoms with van der Waals surface area (Å²) in [6.07, 6.45) is 0.834. The van der Waals surface area contributed by atoms with E-state index in [1.165, 1.54) is 6.01 Å². The van der Waals surface area contributed by atoms with Crippen LogP contribution in [0.5, 0.6) is 0 Å². The number of phosphoric ester groups is 1. The molecular formula is C8H18N3O4P. The summed E-state index contributed by atoms with van der Waals surface area (Å²) in [4.78, 5) is 11.1. The topological polar surface area (TPSA) is 95.2 Å². The van der Waals surface area contributed by atoms with Crippen molar-refractivity contribution in [2.45, 2.75) is 25.9 Å². The molecule has 16 heavy (non-hydrogen) atoms. The number of phosphoric acid groups is 1. The molecule has 2 atom stereocenters. The highest BCUT2D eigenvalue weighted by molar-refractivity contribution is 7.47. The van der Waals surface area contributed by atoms with Crippen molar-refractivity contribution in [2.75, 3.05) is 20.6 Å². The summed E-state index contributed by atoms with van der Waals surface area (Å²) < 4.78 is 20.3. The summed E-state index contributed by atoms with van der Waals surface area (Å²) in [5, 5.41) is 9.21. The third-order valence-electron chi connectivity index (χ3n) is 1.83. The van der Waals surface area contributed by atoms with Gasteiger partial charge in [-0.15, -0.1) is 0 Å². The van der Waals surface area contributed by atoms with Gasteiger partial charge < -0.3 is 4.90 Å². The number of nitrogens with one attached hydrogen (secondary N) is 1. The average Bonchev–Trinajstić information content (AvgIpc) is 2.21. The SMILES string of the molecule is CCC(CCN(C)C)OP(=O)(O)ON=C=N. The molecule has 0 fully saturated rings. The van der Waals surface area contributed by atoms with E-state index in [1.54, 1.807) is 0 Å². The molecule has 7 nitrogen and oxygen atoms in total. The van der Waals surface area contributed by atoms with Crippen LogP contribution in [0.1, 0.15) is 19.8 Å². The van der Waals surface area contributed by atoms with E-state index in [-0.39, 0.29) is 6.10 Å². The lowest BCUT2D eigenvalue weighted by molar-refractivity contribution is 0.0946. The van der Waals surface area contributed by atoms with Crippen molar-refractivity contribution < 1.29 is 18.6 Å². The Kier molecular flexibility index (Phi) is 7.21. The van der Waals surface area contributed by atoms with E-state index in [4.69, 9.17) is 9.93 Å². The third-order valence-corrected chi connectivity index (χ3v) is 2.68. The number of nitrogens with zero attached hydrogens (tertiary/aromatic N) is 2. The van der Waals surface area contributed by atoms with Crippen LogP contribution in [0, 0.1) is 5.41 Å². The second-order valence-electron chi connectivity index (χ2n) is 3.48. The zero-order valence-corrected chi connectivity index (χ0v) is 10.6. The molecule has 0 aromatic rings. The molecule has 2 N–H and O–H groups in total. The number of rotatable bonds is 8. The van der Waals surface area contributed by atoms with Crippen LogP contribution in [0.15, 0.2) is 5.16 Å². The summed E-state index contributed by atoms with van der Waals surface area (Å²) in [5.74, 6) is 0. The molecule has 0 rings (SSSR count). The molecule has 0 aliphatic rings. The Labute approximate surface area is 95.2 Å². The first-order chi connectivity index (χ1) is 7.41. The lowest BCUT2D eigenvalue weighted by atomic mass is 10.2. The Balaban J connectivity index is 4.18. The van der Waals surface area contributed by atoms with Crippen LogP contribution in [0.4, 0.5) is 0 Å². The predicted molar refractivity (Wildman–Crippen MR) is 59.4 cm³/mol. The van der Waals surface area contributed by atoms with Gasteiger partial charge in [0.2, 0.25) is 0 Å². The van der Waals surface area contributed by atoms with Gasteiger partial charge in [0, 0.05) is 6.54 Å². The van der Waals surface area contributed by atoms with E-state index in [1.807, 2.05) is 25.9 Å². The maximum absolute atomic E-state index is 11.3. The Morgan fingerprint density at radius 1 is 1.62 bits per heavy atom. The minimum atomic E-state index is -4.21. The van der Waals surface area contributed by atoms with Crippen molar-refractivity contribution in [3.63, 3.8) is 0 Å². The van der Waals surface area contributed by atoms with Gasteiger partial charge in [-0.3, -0.25) is 14.0 Å². The fourth-order valence-corrected chi connectivity index (χ4v) is 1.83. The molecule has 94 valence electrons. The van der Waals surface area contributed by atoms with Crippen LogP contribution in [-0.4, -0.2) is 42.5 Å². The summed E-state index contributed by atoms with van der Waals surface area (Å²) in [6.45, 7) is 2.59. The summed E-state index contributed by atoms with van der Waals surface area (Å²) in [7, 11) is -0.402. The van der Waals surface area contributed by atoms with Crippen LogP contribution in [0.2, 0.25) is 0 Å². The molecule has 0 radical (unpaired) electrons. The Morgan fingerprint density at radius 3 is 2.69 bits per heavy atom. The monoisotopic (exact) mass is 251 g/mol. The Bertz CT molecular complexity index is 291. The molecule has 0 aromatic carbocycles. The minimum Gasteiger partial charge on any atom is -0.309 e. The van der Waals surface area contributed by atoms with E-state index in [9.17, 15) is 9.46 Å². The van der Waals surface area contributed by atoms with Crippen molar-refractivity contribution in [3.8, 4) is 0 Å². The summed E-state index contributed by atoms with van der Waals surface area (Å²) >= 11 is 0. The van der Waals surface area contributed by atoms with Gasteiger partial charge in [-0.1, -0.05) is 6.92 Å². The van der Waals surface area contributed by atoms with Gasteiger partial charge in [-0.2, -0.15) is 0 Å². The van der Waals surface area contributed by atoms with Crippen LogP contribution in [0.3, 0.4) is 0 Å². The van der Waals surface area contributed by atoms with Crippen molar-refractivity contribution >= 4 is 13.8 Å². The molecule has 8 heteroatoms. The summed E-state index contributed by atoms with van der Waals surface area (Å²) in [6, 6.07) is 1.50. The maximum Gasteiger partial charge on any atom is 0.548 e. The molecule has 2 unspecified atom stereocenters. The molecule has 0 bridgehead atoms. The zero-order chi connectivity index (χ0) is 12.6. The van der Waals surface area contributed by atoms with E-state index < -0.39 is 7.82 Å². The molecule has 0 saturated heterocycles. The van der Waals surface area contributed by atoms with Crippen LogP contribution >= 0.6 is 7.82 Å². The van der Waals surface area contributed by atoms with E-state index in [0.29, 0.717) is 12.8 Å². The van der Waals surface area contributed by atoms with Crippen molar-refractivity contribution in [1.82, 2.24) is 4.90 Å². The molecule has 0 saturated carbocycles. The van der Waals surface area contributed by atoms with Crippen LogP contribution in [-0.2, 0) is 13.7 Å². The predicted octanol–water partition coefficient (Wildman–Crippen LogP) is 1.52. The zero-order valence-electron chi connectivity index (χ0n) is 9.71. The average molecular weight is 251 g/mol. The summed E-state index contributed by atoms with van der Waals surface area (Å²) in [5.41, 5.74) is 0. The highest BCUT2D eigenvalue weighted by atomic mass is 31.2. The smallest absolute Gasteiger partial charge is 0.309 e. The number of hydrogen-bond acceptors (Lipinski definition) is 6. The first-order valence-electron chi connectivity index (χ1n) is 4.87. The van der Waals surface area contributed by atoms with Crippen molar-refractivity contribution in [1.29, 1.82) is 5.41 Å². The van der Waals surface area contributed by atoms with Gasteiger partial charge in [0.05, 0.1) is 6.10 Å². The minimum absolute atomic E-state index is 0.376. The lowest BCUT2D eigenvalue weighted by Gasteiger charge is -2.19. The van der Waals surface area contributed by atoms with E-state index >= 15 is 0 Å². The van der Waals surface area contributed by atoms with Gasteiger partial charge in [0.25, 0.3) is 0 Å². The van der Waals surface area contributed by atoms with Crippen LogP contribution in [0.25, 0.3) is 0 Å². The van der Waals surface area contributed by atoms with Gasteiger partial charge in [-0.25, -0.2) is 9.97 Å². The molecule has 0 aliphatic carbocycles. The molecule has 0 aromatic heterocycles. The first kappa shape index (κ1) is 15.3. The highest BCUT2D eigenvalue weighted by Crippen LogP contribution is 2.45. The van der Waals surface area contributed by atoms with Gasteiger partial charge >= 0.3 is 7.82 Å². The lowest BCUT2D eigenvalue weighted by Crippen LogP contribution is -2.20. The largest absolute Gasteiger partial charge is 0.548 e. The molecule has 0 spiro atoms. The molecular weight excluding hydrogens is 233 g/mol. The second-order valence-corrected chi connectivity index (χ2v) is 4.79. The fraction of sp³-hybridized carbons (Fsp3) is 0.875. The van der Waals surface area contributed by atoms with Gasteiger partial charge in [0.15, 0.2) is 0 Å². The fourth-order valence-electron chi connectivity index (χ4n) is 1.01. The standard InChI is InChI=1S/C8H18N3O4P/c1-4-8(5-6-11(2)3)14-16(12,13)15-10-7-9/h8-9H,4-6H2,1-3H3,(H,12,13). The third kappa shape index (κ3) is 7.56.